The van der Waals surface area contributed by atoms with Crippen LogP contribution in [0.2, 0.25) is 0 Å². The molecule has 0 aliphatic rings. The van der Waals surface area contributed by atoms with Gasteiger partial charge in [0, 0.05) is 22.7 Å². The zero-order valence-corrected chi connectivity index (χ0v) is 11.1. The molecule has 5 heteroatoms. The molecule has 0 aliphatic heterocycles. The van der Waals surface area contributed by atoms with Gasteiger partial charge in [0.15, 0.2) is 0 Å². The van der Waals surface area contributed by atoms with Gasteiger partial charge in [-0.25, -0.2) is 4.98 Å². The van der Waals surface area contributed by atoms with Crippen LogP contribution >= 0.6 is 0 Å². The van der Waals surface area contributed by atoms with E-state index in [4.69, 9.17) is 0 Å². The summed E-state index contributed by atoms with van der Waals surface area (Å²) in [5, 5.41) is 3.84. The van der Waals surface area contributed by atoms with E-state index in [9.17, 15) is 4.79 Å². The first-order chi connectivity index (χ1) is 10.3. The lowest BCUT2D eigenvalue weighted by atomic mass is 10.1. The highest BCUT2D eigenvalue weighted by Crippen LogP contribution is 2.22. The summed E-state index contributed by atoms with van der Waals surface area (Å²) in [6, 6.07) is 13.2. The van der Waals surface area contributed by atoms with Gasteiger partial charge >= 0.3 is 0 Å². The normalized spacial score (nSPS) is 11.0. The van der Waals surface area contributed by atoms with E-state index in [1.54, 1.807) is 6.33 Å². The van der Waals surface area contributed by atoms with Gasteiger partial charge < -0.3 is 15.3 Å². The van der Waals surface area contributed by atoms with E-state index in [-0.39, 0.29) is 5.91 Å². The fraction of sp³-hybridized carbons (Fsp3) is 0. The fourth-order valence-corrected chi connectivity index (χ4v) is 2.54. The van der Waals surface area contributed by atoms with Gasteiger partial charge in [0.2, 0.25) is 0 Å². The lowest BCUT2D eigenvalue weighted by molar-refractivity contribution is 0.102. The summed E-state index contributed by atoms with van der Waals surface area (Å²) in [6.45, 7) is 0. The molecule has 0 fully saturated rings. The third-order valence-electron chi connectivity index (χ3n) is 3.54. The number of fused-ring (bicyclic) bond motifs is 2. The van der Waals surface area contributed by atoms with Gasteiger partial charge in [0.05, 0.1) is 17.5 Å². The van der Waals surface area contributed by atoms with Crippen LogP contribution in [-0.2, 0) is 0 Å². The predicted octanol–water partition coefficient (Wildman–Crippen LogP) is 3.30. The van der Waals surface area contributed by atoms with Gasteiger partial charge in [-0.3, -0.25) is 4.79 Å². The molecule has 2 heterocycles. The van der Waals surface area contributed by atoms with Crippen LogP contribution in [0.25, 0.3) is 21.9 Å². The third kappa shape index (κ3) is 1.87. The second-order valence-corrected chi connectivity index (χ2v) is 4.80. The number of hydrogen-bond acceptors (Lipinski definition) is 2. The smallest absolute Gasteiger partial charge is 0.256 e. The number of aromatic amines is 2. The van der Waals surface area contributed by atoms with Gasteiger partial charge in [-0.15, -0.1) is 0 Å². The Morgan fingerprint density at radius 2 is 1.86 bits per heavy atom. The van der Waals surface area contributed by atoms with E-state index in [1.807, 2.05) is 48.7 Å². The number of benzene rings is 2. The summed E-state index contributed by atoms with van der Waals surface area (Å²) in [4.78, 5) is 22.9. The number of nitrogens with zero attached hydrogens (tertiary/aromatic N) is 1. The zero-order chi connectivity index (χ0) is 14.2. The molecule has 0 saturated carbocycles. The van der Waals surface area contributed by atoms with Crippen molar-refractivity contribution < 1.29 is 4.79 Å². The molecule has 0 spiro atoms. The van der Waals surface area contributed by atoms with Crippen LogP contribution in [-0.4, -0.2) is 20.9 Å². The van der Waals surface area contributed by atoms with E-state index in [2.05, 4.69) is 20.3 Å². The molecule has 2 aromatic heterocycles. The third-order valence-corrected chi connectivity index (χ3v) is 3.54. The summed E-state index contributed by atoms with van der Waals surface area (Å²) in [5.74, 6) is -0.143. The molecule has 0 bridgehead atoms. The van der Waals surface area contributed by atoms with Gasteiger partial charge in [-0.05, 0) is 30.3 Å². The molecule has 4 rings (SSSR count). The zero-order valence-electron chi connectivity index (χ0n) is 11.1. The highest BCUT2D eigenvalue weighted by Gasteiger charge is 2.12. The van der Waals surface area contributed by atoms with Crippen molar-refractivity contribution in [3.8, 4) is 0 Å². The fourth-order valence-electron chi connectivity index (χ4n) is 2.54. The maximum atomic E-state index is 12.5. The van der Waals surface area contributed by atoms with Crippen LogP contribution in [0, 0.1) is 0 Å². The Labute approximate surface area is 120 Å². The van der Waals surface area contributed by atoms with Crippen LogP contribution in [0.1, 0.15) is 10.4 Å². The first-order valence-corrected chi connectivity index (χ1v) is 6.62. The number of rotatable bonds is 2. The SMILES string of the molecule is O=C(Nc1cccc2[nH]cnc12)c1cccc2[nH]ccc12. The minimum absolute atomic E-state index is 0.143. The Kier molecular flexibility index (Phi) is 2.50. The minimum Gasteiger partial charge on any atom is -0.361 e. The van der Waals surface area contributed by atoms with Crippen LogP contribution in [0.5, 0.6) is 0 Å². The Morgan fingerprint density at radius 1 is 1.00 bits per heavy atom. The summed E-state index contributed by atoms with van der Waals surface area (Å²) >= 11 is 0. The van der Waals surface area contributed by atoms with Crippen molar-refractivity contribution in [2.24, 2.45) is 0 Å². The van der Waals surface area contributed by atoms with Crippen LogP contribution in [0.3, 0.4) is 0 Å². The molecule has 0 aliphatic carbocycles. The number of nitrogens with one attached hydrogen (secondary N) is 3. The molecule has 4 aromatic rings. The van der Waals surface area contributed by atoms with E-state index < -0.39 is 0 Å². The Bertz CT molecular complexity index is 951. The number of aromatic nitrogens is 3. The standard InChI is InChI=1S/C16H12N4O/c21-16(11-3-1-4-12-10(11)7-8-17-12)20-14-6-2-5-13-15(14)19-9-18-13/h1-9,17H,(H,18,19)(H,20,21). The van der Waals surface area contributed by atoms with Crippen molar-refractivity contribution in [3.63, 3.8) is 0 Å². The van der Waals surface area contributed by atoms with Crippen molar-refractivity contribution in [1.82, 2.24) is 15.0 Å². The first-order valence-electron chi connectivity index (χ1n) is 6.62. The predicted molar refractivity (Wildman–Crippen MR) is 82.3 cm³/mol. The molecule has 102 valence electrons. The monoisotopic (exact) mass is 276 g/mol. The lowest BCUT2D eigenvalue weighted by Gasteiger charge is -2.07. The quantitative estimate of drug-likeness (QED) is 0.525. The number of para-hydroxylation sites is 1. The van der Waals surface area contributed by atoms with Gasteiger partial charge in [-0.1, -0.05) is 12.1 Å². The van der Waals surface area contributed by atoms with Crippen molar-refractivity contribution in [1.29, 1.82) is 0 Å². The Morgan fingerprint density at radius 3 is 2.81 bits per heavy atom. The number of H-pyrrole nitrogens is 2. The maximum absolute atomic E-state index is 12.5. The van der Waals surface area contributed by atoms with E-state index in [1.165, 1.54) is 0 Å². The largest absolute Gasteiger partial charge is 0.361 e. The highest BCUT2D eigenvalue weighted by molar-refractivity contribution is 6.14. The van der Waals surface area contributed by atoms with Crippen molar-refractivity contribution >= 4 is 33.5 Å². The molecule has 0 atom stereocenters. The molecule has 3 N–H and O–H groups in total. The second-order valence-electron chi connectivity index (χ2n) is 4.80. The molecule has 5 nitrogen and oxygen atoms in total. The van der Waals surface area contributed by atoms with Crippen LogP contribution in [0.4, 0.5) is 5.69 Å². The Balaban J connectivity index is 1.76. The molecule has 0 radical (unpaired) electrons. The van der Waals surface area contributed by atoms with Crippen LogP contribution < -0.4 is 5.32 Å². The average molecular weight is 276 g/mol. The Hall–Kier alpha value is -3.08. The van der Waals surface area contributed by atoms with Gasteiger partial charge in [0.1, 0.15) is 5.52 Å². The lowest BCUT2D eigenvalue weighted by Crippen LogP contribution is -2.12. The molecular weight excluding hydrogens is 264 g/mol. The molecule has 1 amide bonds. The topological polar surface area (TPSA) is 73.6 Å². The van der Waals surface area contributed by atoms with Crippen molar-refractivity contribution in [2.75, 3.05) is 5.32 Å². The van der Waals surface area contributed by atoms with Crippen molar-refractivity contribution in [2.45, 2.75) is 0 Å². The number of carbonyl (C=O) groups is 1. The molecule has 0 unspecified atom stereocenters. The summed E-state index contributed by atoms with van der Waals surface area (Å²) in [6.07, 6.45) is 3.45. The number of amides is 1. The van der Waals surface area contributed by atoms with E-state index >= 15 is 0 Å². The van der Waals surface area contributed by atoms with Crippen LogP contribution in [0.15, 0.2) is 55.0 Å². The number of imidazole rings is 1. The molecule has 0 saturated heterocycles. The second kappa shape index (κ2) is 4.49. The van der Waals surface area contributed by atoms with Gasteiger partial charge in [0.25, 0.3) is 5.91 Å². The molecule has 2 aromatic carbocycles. The number of hydrogen-bond donors (Lipinski definition) is 3. The van der Waals surface area contributed by atoms with E-state index in [0.29, 0.717) is 11.3 Å². The molecular formula is C16H12N4O. The number of carbonyl (C=O) groups excluding carboxylic acids is 1. The maximum Gasteiger partial charge on any atom is 0.256 e. The molecule has 21 heavy (non-hydrogen) atoms. The summed E-state index contributed by atoms with van der Waals surface area (Å²) in [5.41, 5.74) is 3.94. The average Bonchev–Trinajstić information content (AvgIpc) is 3.15. The number of anilines is 1. The summed E-state index contributed by atoms with van der Waals surface area (Å²) in [7, 11) is 0. The van der Waals surface area contributed by atoms with Gasteiger partial charge in [-0.2, -0.15) is 0 Å². The minimum atomic E-state index is -0.143. The van der Waals surface area contributed by atoms with E-state index in [0.717, 1.165) is 21.9 Å². The van der Waals surface area contributed by atoms with Crippen molar-refractivity contribution in [3.05, 3.63) is 60.6 Å². The summed E-state index contributed by atoms with van der Waals surface area (Å²) < 4.78 is 0. The highest BCUT2D eigenvalue weighted by atomic mass is 16.1. The first kappa shape index (κ1) is 11.7.